The summed E-state index contributed by atoms with van der Waals surface area (Å²) >= 11 is 0. The lowest BCUT2D eigenvalue weighted by Gasteiger charge is -2.28. The van der Waals surface area contributed by atoms with E-state index in [4.69, 9.17) is 4.74 Å². The summed E-state index contributed by atoms with van der Waals surface area (Å²) in [6, 6.07) is 14.7. The van der Waals surface area contributed by atoms with Crippen LogP contribution in [-0.4, -0.2) is 39.9 Å². The minimum Gasteiger partial charge on any atom is -0.497 e. The van der Waals surface area contributed by atoms with E-state index in [0.717, 1.165) is 24.3 Å². The summed E-state index contributed by atoms with van der Waals surface area (Å²) < 4.78 is 33.1. The summed E-state index contributed by atoms with van der Waals surface area (Å²) in [5.41, 5.74) is 4.81. The van der Waals surface area contributed by atoms with Crippen molar-refractivity contribution in [1.29, 1.82) is 0 Å². The van der Waals surface area contributed by atoms with Crippen LogP contribution in [0.2, 0.25) is 0 Å². The Hall–Kier alpha value is -2.05. The Labute approximate surface area is 175 Å². The average molecular weight is 417 g/mol. The molecule has 2 aromatic carbocycles. The van der Waals surface area contributed by atoms with E-state index < -0.39 is 10.0 Å². The fourth-order valence-electron chi connectivity index (χ4n) is 4.06. The molecule has 0 aliphatic carbocycles. The summed E-state index contributed by atoms with van der Waals surface area (Å²) in [6.07, 6.45) is 2.25. The number of methoxy groups -OCH3 is 1. The van der Waals surface area contributed by atoms with Gasteiger partial charge in [0.25, 0.3) is 0 Å². The van der Waals surface area contributed by atoms with Gasteiger partial charge in [-0.05, 0) is 67.1 Å². The third-order valence-electron chi connectivity index (χ3n) is 5.88. The summed E-state index contributed by atoms with van der Waals surface area (Å²) in [5.74, 6) is 0.850. The minimum absolute atomic E-state index is 0.100. The third kappa shape index (κ3) is 4.75. The van der Waals surface area contributed by atoms with Crippen molar-refractivity contribution in [3.05, 3.63) is 48.0 Å². The maximum absolute atomic E-state index is 12.5. The molecule has 1 aliphatic heterocycles. The third-order valence-corrected chi connectivity index (χ3v) is 7.99. The molecule has 0 aromatic heterocycles. The molecule has 1 heterocycles. The Bertz CT molecular complexity index is 939. The second-order valence-electron chi connectivity index (χ2n) is 7.70. The molecule has 1 atom stereocenters. The van der Waals surface area contributed by atoms with Gasteiger partial charge in [-0.3, -0.25) is 0 Å². The average Bonchev–Trinajstić information content (AvgIpc) is 3.16. The van der Waals surface area contributed by atoms with E-state index in [1.807, 2.05) is 32.0 Å². The van der Waals surface area contributed by atoms with Crippen LogP contribution >= 0.6 is 0 Å². The molecule has 5 nitrogen and oxygen atoms in total. The van der Waals surface area contributed by atoms with Crippen molar-refractivity contribution in [1.82, 2.24) is 4.72 Å². The van der Waals surface area contributed by atoms with Gasteiger partial charge in [0, 0.05) is 24.8 Å². The molecule has 3 rings (SSSR count). The molecule has 6 heteroatoms. The summed E-state index contributed by atoms with van der Waals surface area (Å²) in [5, 5.41) is -0.314. The molecular weight excluding hydrogens is 384 g/mol. The number of hydrogen-bond donors (Lipinski definition) is 1. The van der Waals surface area contributed by atoms with E-state index in [1.54, 1.807) is 7.11 Å². The molecule has 29 heavy (non-hydrogen) atoms. The van der Waals surface area contributed by atoms with Crippen molar-refractivity contribution in [3.63, 3.8) is 0 Å². The molecule has 0 saturated heterocycles. The molecule has 1 aliphatic rings. The van der Waals surface area contributed by atoms with E-state index in [2.05, 4.69) is 40.8 Å². The van der Waals surface area contributed by atoms with Crippen LogP contribution in [0.1, 0.15) is 39.2 Å². The van der Waals surface area contributed by atoms with Crippen LogP contribution in [0.15, 0.2) is 42.5 Å². The predicted octanol–water partition coefficient (Wildman–Crippen LogP) is 4.22. The molecule has 0 bridgehead atoms. The van der Waals surface area contributed by atoms with Crippen molar-refractivity contribution in [2.24, 2.45) is 0 Å². The van der Waals surface area contributed by atoms with E-state index in [1.165, 1.54) is 16.8 Å². The first-order valence-corrected chi connectivity index (χ1v) is 12.0. The number of hydrogen-bond acceptors (Lipinski definition) is 4. The fraction of sp³-hybridized carbons (Fsp3) is 0.478. The highest BCUT2D eigenvalue weighted by Gasteiger charge is 2.27. The molecule has 2 aromatic rings. The van der Waals surface area contributed by atoms with Crippen molar-refractivity contribution in [2.75, 3.05) is 25.1 Å². The molecule has 158 valence electrons. The van der Waals surface area contributed by atoms with Gasteiger partial charge in [0.1, 0.15) is 5.75 Å². The Morgan fingerprint density at radius 2 is 1.83 bits per heavy atom. The van der Waals surface area contributed by atoms with Gasteiger partial charge in [-0.2, -0.15) is 0 Å². The van der Waals surface area contributed by atoms with E-state index in [0.29, 0.717) is 19.4 Å². The lowest BCUT2D eigenvalue weighted by Crippen LogP contribution is -2.44. The molecule has 0 fully saturated rings. The van der Waals surface area contributed by atoms with E-state index in [9.17, 15) is 8.42 Å². The maximum atomic E-state index is 12.5. The summed E-state index contributed by atoms with van der Waals surface area (Å²) in [4.78, 5) is 2.31. The van der Waals surface area contributed by atoms with Crippen LogP contribution < -0.4 is 14.4 Å². The van der Waals surface area contributed by atoms with Crippen LogP contribution in [0.3, 0.4) is 0 Å². The second kappa shape index (κ2) is 9.18. The normalized spacial score (nSPS) is 14.9. The van der Waals surface area contributed by atoms with Gasteiger partial charge >= 0.3 is 0 Å². The van der Waals surface area contributed by atoms with Gasteiger partial charge in [0.05, 0.1) is 12.4 Å². The molecule has 0 radical (unpaired) electrons. The van der Waals surface area contributed by atoms with Crippen LogP contribution in [0.25, 0.3) is 11.1 Å². The second-order valence-corrected chi connectivity index (χ2v) is 9.75. The molecule has 0 spiro atoms. The molecule has 0 amide bonds. The van der Waals surface area contributed by atoms with Crippen molar-refractivity contribution < 1.29 is 13.2 Å². The largest absolute Gasteiger partial charge is 0.497 e. The summed E-state index contributed by atoms with van der Waals surface area (Å²) in [6.45, 7) is 7.27. The topological polar surface area (TPSA) is 58.6 Å². The Morgan fingerprint density at radius 1 is 1.10 bits per heavy atom. The molecule has 1 unspecified atom stereocenters. The number of anilines is 1. The molecular formula is C23H32N2O3S. The van der Waals surface area contributed by atoms with Crippen LogP contribution in [0, 0.1) is 0 Å². The minimum atomic E-state index is -3.26. The first kappa shape index (κ1) is 21.7. The number of fused-ring (bicyclic) bond motifs is 1. The number of nitrogens with one attached hydrogen (secondary N) is 1. The quantitative estimate of drug-likeness (QED) is 0.665. The number of nitrogens with zero attached hydrogens (tertiary/aromatic N) is 1. The van der Waals surface area contributed by atoms with Gasteiger partial charge in [0.2, 0.25) is 10.0 Å². The van der Waals surface area contributed by atoms with Crippen molar-refractivity contribution in [2.45, 2.75) is 51.3 Å². The highest BCUT2D eigenvalue weighted by Crippen LogP contribution is 2.34. The zero-order valence-electron chi connectivity index (χ0n) is 17.8. The van der Waals surface area contributed by atoms with E-state index >= 15 is 0 Å². The Kier molecular flexibility index (Phi) is 6.85. The molecule has 1 N–H and O–H groups in total. The maximum Gasteiger partial charge on any atom is 0.214 e. The monoisotopic (exact) mass is 416 g/mol. The number of rotatable bonds is 9. The van der Waals surface area contributed by atoms with Crippen molar-refractivity contribution >= 4 is 15.7 Å². The van der Waals surface area contributed by atoms with Gasteiger partial charge in [-0.15, -0.1) is 0 Å². The van der Waals surface area contributed by atoms with E-state index in [-0.39, 0.29) is 11.3 Å². The molecule has 0 saturated carbocycles. The van der Waals surface area contributed by atoms with Crippen LogP contribution in [0.5, 0.6) is 5.75 Å². The zero-order valence-corrected chi connectivity index (χ0v) is 18.6. The SMILES string of the molecule is CCC(CC)S(=O)(=O)NCC(C)N1CCc2cc(-c3cccc(OC)c3)ccc21. The van der Waals surface area contributed by atoms with Gasteiger partial charge in [0.15, 0.2) is 0 Å². The number of ether oxygens (including phenoxy) is 1. The summed E-state index contributed by atoms with van der Waals surface area (Å²) in [7, 11) is -1.58. The lowest BCUT2D eigenvalue weighted by atomic mass is 10.0. The first-order chi connectivity index (χ1) is 13.9. The van der Waals surface area contributed by atoms with Gasteiger partial charge in [-0.25, -0.2) is 13.1 Å². The fourth-order valence-corrected chi connectivity index (χ4v) is 5.65. The number of benzene rings is 2. The van der Waals surface area contributed by atoms with Gasteiger partial charge in [-0.1, -0.05) is 32.0 Å². The Morgan fingerprint density at radius 3 is 2.52 bits per heavy atom. The highest BCUT2D eigenvalue weighted by atomic mass is 32.2. The lowest BCUT2D eigenvalue weighted by molar-refractivity contribution is 0.415. The zero-order chi connectivity index (χ0) is 21.0. The first-order valence-electron chi connectivity index (χ1n) is 10.4. The number of sulfonamides is 1. The highest BCUT2D eigenvalue weighted by molar-refractivity contribution is 7.90. The predicted molar refractivity (Wildman–Crippen MR) is 120 cm³/mol. The van der Waals surface area contributed by atoms with Crippen molar-refractivity contribution in [3.8, 4) is 16.9 Å². The van der Waals surface area contributed by atoms with Crippen LogP contribution in [-0.2, 0) is 16.4 Å². The standard InChI is InChI=1S/C23H32N2O3S/c1-5-22(6-2)29(26,27)24-16-17(3)25-13-12-20-14-19(10-11-23(20)25)18-8-7-9-21(15-18)28-4/h7-11,14-15,17,22,24H,5-6,12-13,16H2,1-4H3. The Balaban J connectivity index is 1.72. The van der Waals surface area contributed by atoms with Gasteiger partial charge < -0.3 is 9.64 Å². The van der Waals surface area contributed by atoms with Crippen LogP contribution in [0.4, 0.5) is 5.69 Å². The smallest absolute Gasteiger partial charge is 0.214 e.